The van der Waals surface area contributed by atoms with Crippen LogP contribution in [0.1, 0.15) is 131 Å². The number of carbonyl (C=O) groups excluding carboxylic acids is 1. The number of benzene rings is 1. The first kappa shape index (κ1) is 47.7. The summed E-state index contributed by atoms with van der Waals surface area (Å²) in [6.07, 6.45) is -0.116. The zero-order valence-electron chi connectivity index (χ0n) is 39.9. The van der Waals surface area contributed by atoms with E-state index in [9.17, 15) is 30.3 Å². The normalized spacial score (nSPS) is 52.2. The number of aliphatic hydroxyl groups excluding tert-OH is 3. The number of para-hydroxylation sites is 1. The number of esters is 1. The van der Waals surface area contributed by atoms with Gasteiger partial charge in [-0.15, -0.1) is 0 Å². The first-order valence-electron chi connectivity index (χ1n) is 25.3. The quantitative estimate of drug-likeness (QED) is 0.155. The third-order valence-electron chi connectivity index (χ3n) is 18.8. The van der Waals surface area contributed by atoms with Crippen molar-refractivity contribution in [1.29, 1.82) is 0 Å². The van der Waals surface area contributed by atoms with Gasteiger partial charge in [0.1, 0.15) is 30.2 Å². The highest BCUT2D eigenvalue weighted by Gasteiger charge is 2.72. The molecule has 4 saturated carbocycles. The van der Waals surface area contributed by atoms with Crippen molar-refractivity contribution in [2.75, 3.05) is 0 Å². The van der Waals surface area contributed by atoms with E-state index in [1.165, 1.54) is 0 Å². The molecule has 66 heavy (non-hydrogen) atoms. The molecular weight excluding hydrogens is 853 g/mol. The molecule has 15 heteroatoms. The van der Waals surface area contributed by atoms with E-state index in [0.717, 1.165) is 37.7 Å². The Bertz CT molecular complexity index is 1890. The van der Waals surface area contributed by atoms with Crippen LogP contribution in [0.2, 0.25) is 0 Å². The fourth-order valence-corrected chi connectivity index (χ4v) is 15.4. The zero-order chi connectivity index (χ0) is 46.7. The molecule has 10 rings (SSSR count). The molecule has 370 valence electrons. The average molecular weight is 929 g/mol. The lowest BCUT2D eigenvalue weighted by Gasteiger charge is -2.65. The minimum atomic E-state index is -1.08. The van der Waals surface area contributed by atoms with E-state index >= 15 is 0 Å². The number of aromatic hydroxyl groups is 1. The van der Waals surface area contributed by atoms with Crippen LogP contribution in [-0.2, 0) is 53.8 Å². The van der Waals surface area contributed by atoms with E-state index in [-0.39, 0.29) is 84.5 Å². The molecule has 5 unspecified atom stereocenters. The van der Waals surface area contributed by atoms with Gasteiger partial charge in [0.05, 0.1) is 60.9 Å². The molecule has 9 fully saturated rings. The van der Waals surface area contributed by atoms with E-state index < -0.39 is 84.5 Å². The number of aliphatic hydroxyl groups is 4. The van der Waals surface area contributed by atoms with Gasteiger partial charge in [0.2, 0.25) is 0 Å². The average Bonchev–Trinajstić information content (AvgIpc) is 3.87. The summed E-state index contributed by atoms with van der Waals surface area (Å²) in [5, 5.41) is 58.6. The molecule has 0 amide bonds. The van der Waals surface area contributed by atoms with Crippen molar-refractivity contribution in [1.82, 2.24) is 0 Å². The van der Waals surface area contributed by atoms with Gasteiger partial charge in [-0.1, -0.05) is 32.0 Å². The van der Waals surface area contributed by atoms with Gasteiger partial charge in [-0.25, -0.2) is 0 Å². The smallest absolute Gasteiger partial charge is 0.306 e. The first-order chi connectivity index (χ1) is 31.3. The largest absolute Gasteiger partial charge is 0.508 e. The summed E-state index contributed by atoms with van der Waals surface area (Å²) < 4.78 is 56.1. The van der Waals surface area contributed by atoms with Crippen molar-refractivity contribution >= 4 is 5.97 Å². The minimum Gasteiger partial charge on any atom is -0.508 e. The predicted octanol–water partition coefficient (Wildman–Crippen LogP) is 5.41. The Morgan fingerprint density at radius 1 is 0.712 bits per heavy atom. The third kappa shape index (κ3) is 8.28. The summed E-state index contributed by atoms with van der Waals surface area (Å²) in [6.45, 7) is 13.9. The molecule has 1 aromatic rings. The van der Waals surface area contributed by atoms with Gasteiger partial charge < -0.3 is 68.2 Å². The second-order valence-electron chi connectivity index (χ2n) is 22.9. The summed E-state index contributed by atoms with van der Waals surface area (Å²) in [6, 6.07) is 7.16. The van der Waals surface area contributed by atoms with Crippen LogP contribution in [0, 0.1) is 40.4 Å². The molecule has 5 heterocycles. The molecule has 0 spiro atoms. The molecular formula is C51H76O15. The lowest BCUT2D eigenvalue weighted by Crippen LogP contribution is -2.67. The summed E-state index contributed by atoms with van der Waals surface area (Å²) in [4.78, 5) is 12.9. The van der Waals surface area contributed by atoms with Crippen LogP contribution in [0.4, 0.5) is 0 Å². The predicted molar refractivity (Wildman–Crippen MR) is 235 cm³/mol. The molecule has 5 N–H and O–H groups in total. The maximum Gasteiger partial charge on any atom is 0.306 e. The Labute approximate surface area is 389 Å². The van der Waals surface area contributed by atoms with Crippen LogP contribution in [0.5, 0.6) is 5.75 Å². The highest BCUT2D eigenvalue weighted by Crippen LogP contribution is 2.70. The van der Waals surface area contributed by atoms with Crippen LogP contribution < -0.4 is 0 Å². The van der Waals surface area contributed by atoms with Crippen LogP contribution in [0.25, 0.3) is 0 Å². The molecule has 9 aliphatic rings. The number of phenolic OH excluding ortho intramolecular Hbond substituents is 1. The number of ether oxygens (including phenoxy) is 9. The second-order valence-corrected chi connectivity index (χ2v) is 22.9. The molecule has 4 aliphatic carbocycles. The lowest BCUT2D eigenvalue weighted by atomic mass is 9.42. The topological polar surface area (TPSA) is 201 Å². The number of hydrogen-bond acceptors (Lipinski definition) is 15. The van der Waals surface area contributed by atoms with Gasteiger partial charge in [-0.05, 0) is 127 Å². The molecule has 5 aliphatic heterocycles. The van der Waals surface area contributed by atoms with Crippen molar-refractivity contribution in [3.8, 4) is 5.75 Å². The van der Waals surface area contributed by atoms with E-state index in [0.29, 0.717) is 38.0 Å². The molecule has 1 aromatic carbocycles. The zero-order valence-corrected chi connectivity index (χ0v) is 39.9. The fourth-order valence-electron chi connectivity index (χ4n) is 15.4. The molecule has 5 saturated heterocycles. The Kier molecular flexibility index (Phi) is 12.8. The minimum absolute atomic E-state index is 0.0300. The van der Waals surface area contributed by atoms with E-state index in [2.05, 4.69) is 13.8 Å². The van der Waals surface area contributed by atoms with E-state index in [1.807, 2.05) is 46.8 Å². The number of rotatable bonds is 9. The molecule has 0 bridgehead atoms. The standard InChI is InChI=1S/C51H76O15/c1-25-45(63-43-23-37(54)46(26(2)59-43)64-44-24-39-47(27(3)60-44)66-48(4,5)65-39)36(53)22-42(58-25)61-30-14-16-49(6)29(19-30)12-13-33-34(49)21-40(55)50(7)32(15-17-51(33,50)57)31-20-41(56)62-38(31)18-28-10-8-9-11-35(28)52/h8-11,25-27,29-34,36-40,42-47,52-55,57H,12-24H2,1-7H3/t25-,26-,27-,29-,30+,31?,32-,33-,34+,36+,37+,38?,39+,40-,42?,43?,44?,45-,46-,47-,49+,50+,51+/m1/s1. The number of phenols is 1. The Hall–Kier alpha value is -1.99. The van der Waals surface area contributed by atoms with Gasteiger partial charge in [0.25, 0.3) is 0 Å². The van der Waals surface area contributed by atoms with Crippen LogP contribution in [0.3, 0.4) is 0 Å². The number of fused-ring (bicyclic) bond motifs is 6. The van der Waals surface area contributed by atoms with E-state index in [4.69, 9.17) is 42.6 Å². The number of cyclic esters (lactones) is 1. The van der Waals surface area contributed by atoms with Crippen LogP contribution in [-0.4, -0.2) is 135 Å². The first-order valence-corrected chi connectivity index (χ1v) is 25.3. The third-order valence-corrected chi connectivity index (χ3v) is 18.8. The SMILES string of the molecule is C[C@H]1OC(O[C@H]2[C@@H](O)CC(O[C@H]3[C@@H](O)CC(O[C@H]4CC[C@@]5(C)[C@H](CC[C@@H]6[C@@H]5C[C@@H](O)[C@]5(C)[C@@H](C7CC(=O)OC7Cc7ccccc7O)CC[C@]65O)C4)O[C@@H]3C)O[C@@H]2C)C[C@@H]2OC(C)(C)O[C@@H]21. The Morgan fingerprint density at radius 2 is 1.36 bits per heavy atom. The Balaban J connectivity index is 0.722. The maximum absolute atomic E-state index is 13.0. The van der Waals surface area contributed by atoms with Gasteiger partial charge >= 0.3 is 5.97 Å². The molecule has 0 radical (unpaired) electrons. The van der Waals surface area contributed by atoms with Crippen LogP contribution in [0.15, 0.2) is 24.3 Å². The van der Waals surface area contributed by atoms with Crippen molar-refractivity contribution < 1.29 is 73.0 Å². The molecule has 15 nitrogen and oxygen atoms in total. The van der Waals surface area contributed by atoms with E-state index in [1.54, 1.807) is 12.1 Å². The van der Waals surface area contributed by atoms with Crippen molar-refractivity contribution in [3.05, 3.63) is 29.8 Å². The second kappa shape index (κ2) is 17.7. The van der Waals surface area contributed by atoms with Gasteiger partial charge in [0, 0.05) is 37.0 Å². The molecule has 0 aromatic heterocycles. The maximum atomic E-state index is 13.0. The lowest BCUT2D eigenvalue weighted by molar-refractivity contribution is -0.334. The van der Waals surface area contributed by atoms with Crippen molar-refractivity contribution in [2.24, 2.45) is 40.4 Å². The summed E-state index contributed by atoms with van der Waals surface area (Å²) in [5.74, 6) is -0.523. The summed E-state index contributed by atoms with van der Waals surface area (Å²) in [5.41, 5.74) is -1.23. The molecule has 23 atom stereocenters. The van der Waals surface area contributed by atoms with Crippen molar-refractivity contribution in [2.45, 2.75) is 235 Å². The highest BCUT2D eigenvalue weighted by molar-refractivity contribution is 5.72. The van der Waals surface area contributed by atoms with Gasteiger partial charge in [0.15, 0.2) is 24.7 Å². The van der Waals surface area contributed by atoms with Crippen LogP contribution >= 0.6 is 0 Å². The van der Waals surface area contributed by atoms with Gasteiger partial charge in [-0.3, -0.25) is 4.79 Å². The summed E-state index contributed by atoms with van der Waals surface area (Å²) >= 11 is 0. The Morgan fingerprint density at radius 3 is 2.05 bits per heavy atom. The monoisotopic (exact) mass is 929 g/mol. The highest BCUT2D eigenvalue weighted by atomic mass is 16.8. The number of carbonyl (C=O) groups is 1. The number of hydrogen-bond donors (Lipinski definition) is 5. The fraction of sp³-hybridized carbons (Fsp3) is 0.863. The van der Waals surface area contributed by atoms with Crippen molar-refractivity contribution in [3.63, 3.8) is 0 Å². The summed E-state index contributed by atoms with van der Waals surface area (Å²) in [7, 11) is 0. The van der Waals surface area contributed by atoms with Gasteiger partial charge in [-0.2, -0.15) is 0 Å².